The van der Waals surface area contributed by atoms with Crippen molar-refractivity contribution in [3.8, 4) is 0 Å². The summed E-state index contributed by atoms with van der Waals surface area (Å²) in [5.41, 5.74) is 0.796. The van der Waals surface area contributed by atoms with Gasteiger partial charge in [-0.2, -0.15) is 4.52 Å². The third-order valence-electron chi connectivity index (χ3n) is 5.17. The number of piperidine rings is 1. The van der Waals surface area contributed by atoms with Crippen LogP contribution in [0, 0.1) is 0 Å². The molecule has 2 aliphatic rings. The van der Waals surface area contributed by atoms with E-state index in [1.807, 2.05) is 12.1 Å². The molecule has 2 aromatic rings. The van der Waals surface area contributed by atoms with E-state index in [1.54, 1.807) is 10.8 Å². The highest BCUT2D eigenvalue weighted by molar-refractivity contribution is 5.47. The predicted molar refractivity (Wildman–Crippen MR) is 89.7 cm³/mol. The molecule has 0 aromatic carbocycles. The fourth-order valence-electron chi connectivity index (χ4n) is 3.47. The first kappa shape index (κ1) is 14.8. The molecule has 7 heteroatoms. The van der Waals surface area contributed by atoms with Gasteiger partial charge in [-0.15, -0.1) is 15.3 Å². The van der Waals surface area contributed by atoms with Crippen molar-refractivity contribution in [3.63, 3.8) is 0 Å². The first-order chi connectivity index (χ1) is 11.3. The van der Waals surface area contributed by atoms with Gasteiger partial charge in [-0.3, -0.25) is 4.90 Å². The average Bonchev–Trinajstić information content (AvgIpc) is 3.00. The van der Waals surface area contributed by atoms with Crippen molar-refractivity contribution in [2.24, 2.45) is 0 Å². The van der Waals surface area contributed by atoms with E-state index in [0.717, 1.165) is 31.1 Å². The van der Waals surface area contributed by atoms with Gasteiger partial charge in [0.2, 0.25) is 0 Å². The Kier molecular flexibility index (Phi) is 4.13. The van der Waals surface area contributed by atoms with Gasteiger partial charge in [0.1, 0.15) is 12.1 Å². The number of fused-ring (bicyclic) bond motifs is 1. The standard InChI is InChI=1S/C16H25N7/c1-20(9-10-21-7-3-2-4-8-21)14-11-22(12-14)16-6-5-15-18-17-13-23(15)19-16/h5-6,13-14H,2-4,7-12H2,1H3. The number of likely N-dealkylation sites (N-methyl/N-ethyl adjacent to an activating group) is 1. The van der Waals surface area contributed by atoms with Gasteiger partial charge in [0.15, 0.2) is 5.65 Å². The van der Waals surface area contributed by atoms with E-state index in [1.165, 1.54) is 38.9 Å². The van der Waals surface area contributed by atoms with Crippen molar-refractivity contribution < 1.29 is 0 Å². The molecule has 2 aromatic heterocycles. The number of hydrogen-bond donors (Lipinski definition) is 0. The number of likely N-dealkylation sites (tertiary alicyclic amines) is 1. The average molecular weight is 315 g/mol. The zero-order valence-electron chi connectivity index (χ0n) is 13.8. The number of rotatable bonds is 5. The Labute approximate surface area is 136 Å². The highest BCUT2D eigenvalue weighted by atomic mass is 15.4. The van der Waals surface area contributed by atoms with Crippen LogP contribution in [0.5, 0.6) is 0 Å². The molecule has 0 unspecified atom stereocenters. The van der Waals surface area contributed by atoms with E-state index >= 15 is 0 Å². The summed E-state index contributed by atoms with van der Waals surface area (Å²) in [6.07, 6.45) is 5.81. The first-order valence-electron chi connectivity index (χ1n) is 8.64. The van der Waals surface area contributed by atoms with Crippen molar-refractivity contribution >= 4 is 11.5 Å². The van der Waals surface area contributed by atoms with Crippen LogP contribution in [0.15, 0.2) is 18.5 Å². The summed E-state index contributed by atoms with van der Waals surface area (Å²) in [4.78, 5) is 7.43. The molecule has 0 N–H and O–H groups in total. The lowest BCUT2D eigenvalue weighted by molar-refractivity contribution is 0.155. The fraction of sp³-hybridized carbons (Fsp3) is 0.688. The van der Waals surface area contributed by atoms with Crippen molar-refractivity contribution in [3.05, 3.63) is 18.5 Å². The highest BCUT2D eigenvalue weighted by Crippen LogP contribution is 2.21. The lowest BCUT2D eigenvalue weighted by atomic mass is 10.1. The van der Waals surface area contributed by atoms with Gasteiger partial charge in [0.25, 0.3) is 0 Å². The van der Waals surface area contributed by atoms with Gasteiger partial charge in [-0.05, 0) is 45.1 Å². The molecular formula is C16H25N7. The number of aromatic nitrogens is 4. The third kappa shape index (κ3) is 3.16. The van der Waals surface area contributed by atoms with E-state index in [9.17, 15) is 0 Å². The Morgan fingerprint density at radius 2 is 2.00 bits per heavy atom. The molecule has 0 radical (unpaired) electrons. The fourth-order valence-corrected chi connectivity index (χ4v) is 3.47. The summed E-state index contributed by atoms with van der Waals surface area (Å²) in [5.74, 6) is 1.01. The Balaban J connectivity index is 1.26. The van der Waals surface area contributed by atoms with Gasteiger partial charge >= 0.3 is 0 Å². The van der Waals surface area contributed by atoms with Gasteiger partial charge in [-0.25, -0.2) is 0 Å². The second-order valence-corrected chi connectivity index (χ2v) is 6.77. The van der Waals surface area contributed by atoms with Crippen LogP contribution < -0.4 is 4.90 Å². The Morgan fingerprint density at radius 3 is 2.83 bits per heavy atom. The van der Waals surface area contributed by atoms with E-state index in [0.29, 0.717) is 6.04 Å². The zero-order chi connectivity index (χ0) is 15.6. The van der Waals surface area contributed by atoms with Crippen LogP contribution in [0.3, 0.4) is 0 Å². The molecular weight excluding hydrogens is 290 g/mol. The third-order valence-corrected chi connectivity index (χ3v) is 5.17. The Morgan fingerprint density at radius 1 is 1.17 bits per heavy atom. The molecule has 2 aliphatic heterocycles. The smallest absolute Gasteiger partial charge is 0.177 e. The SMILES string of the molecule is CN(CCN1CCCCC1)C1CN(c2ccc3nncn3n2)C1. The molecule has 0 bridgehead atoms. The van der Waals surface area contributed by atoms with E-state index < -0.39 is 0 Å². The highest BCUT2D eigenvalue weighted by Gasteiger charge is 2.31. The minimum atomic E-state index is 0.637. The van der Waals surface area contributed by atoms with Crippen LogP contribution in [0.1, 0.15) is 19.3 Å². The van der Waals surface area contributed by atoms with Crippen LogP contribution in [0.4, 0.5) is 5.82 Å². The zero-order valence-corrected chi connectivity index (χ0v) is 13.8. The lowest BCUT2D eigenvalue weighted by Gasteiger charge is -2.45. The van der Waals surface area contributed by atoms with Gasteiger partial charge in [-0.1, -0.05) is 6.42 Å². The summed E-state index contributed by atoms with van der Waals surface area (Å²) < 4.78 is 1.74. The molecule has 4 heterocycles. The van der Waals surface area contributed by atoms with Crippen LogP contribution in [0.25, 0.3) is 5.65 Å². The lowest BCUT2D eigenvalue weighted by Crippen LogP contribution is -2.59. The molecule has 7 nitrogen and oxygen atoms in total. The van der Waals surface area contributed by atoms with Gasteiger partial charge in [0.05, 0.1) is 0 Å². The summed E-state index contributed by atoms with van der Waals surface area (Å²) in [7, 11) is 2.25. The maximum Gasteiger partial charge on any atom is 0.177 e. The molecule has 0 atom stereocenters. The summed E-state index contributed by atoms with van der Waals surface area (Å²) in [6.45, 7) is 7.05. The van der Waals surface area contributed by atoms with Crippen molar-refractivity contribution in [1.29, 1.82) is 0 Å². The summed E-state index contributed by atoms with van der Waals surface area (Å²) in [5, 5.41) is 12.4. The van der Waals surface area contributed by atoms with Crippen LogP contribution in [0.2, 0.25) is 0 Å². The molecule has 0 amide bonds. The van der Waals surface area contributed by atoms with Crippen LogP contribution >= 0.6 is 0 Å². The number of nitrogens with zero attached hydrogens (tertiary/aromatic N) is 7. The first-order valence-corrected chi connectivity index (χ1v) is 8.64. The van der Waals surface area contributed by atoms with E-state index in [4.69, 9.17) is 0 Å². The molecule has 0 aliphatic carbocycles. The predicted octanol–water partition coefficient (Wildman–Crippen LogP) is 0.731. The van der Waals surface area contributed by atoms with E-state index in [-0.39, 0.29) is 0 Å². The summed E-state index contributed by atoms with van der Waals surface area (Å²) in [6, 6.07) is 4.65. The van der Waals surface area contributed by atoms with Gasteiger partial charge < -0.3 is 9.80 Å². The molecule has 2 fully saturated rings. The molecule has 0 saturated carbocycles. The van der Waals surface area contributed by atoms with E-state index in [2.05, 4.69) is 37.0 Å². The topological polar surface area (TPSA) is 52.8 Å². The van der Waals surface area contributed by atoms with Crippen LogP contribution in [-0.2, 0) is 0 Å². The Hall–Kier alpha value is -1.73. The monoisotopic (exact) mass is 315 g/mol. The number of anilines is 1. The largest absolute Gasteiger partial charge is 0.352 e. The quantitative estimate of drug-likeness (QED) is 0.811. The summed E-state index contributed by atoms with van der Waals surface area (Å²) >= 11 is 0. The molecule has 124 valence electrons. The van der Waals surface area contributed by atoms with Crippen LogP contribution in [-0.4, -0.2) is 82.0 Å². The molecule has 0 spiro atoms. The van der Waals surface area contributed by atoms with Crippen molar-refractivity contribution in [2.45, 2.75) is 25.3 Å². The normalized spacial score (nSPS) is 20.3. The minimum absolute atomic E-state index is 0.637. The maximum absolute atomic E-state index is 4.56. The molecule has 23 heavy (non-hydrogen) atoms. The second-order valence-electron chi connectivity index (χ2n) is 6.77. The molecule has 4 rings (SSSR count). The van der Waals surface area contributed by atoms with Crippen molar-refractivity contribution in [1.82, 2.24) is 29.6 Å². The van der Waals surface area contributed by atoms with Crippen molar-refractivity contribution in [2.75, 3.05) is 51.2 Å². The minimum Gasteiger partial charge on any atom is -0.352 e. The maximum atomic E-state index is 4.56. The number of hydrogen-bond acceptors (Lipinski definition) is 6. The Bertz CT molecular complexity index is 643. The second kappa shape index (κ2) is 6.41. The van der Waals surface area contributed by atoms with Gasteiger partial charge in [0, 0.05) is 32.2 Å². The molecule has 2 saturated heterocycles.